The van der Waals surface area contributed by atoms with Gasteiger partial charge in [-0.2, -0.15) is 0 Å². The molecule has 2 aromatic rings. The van der Waals surface area contributed by atoms with E-state index in [0.717, 1.165) is 16.7 Å². The summed E-state index contributed by atoms with van der Waals surface area (Å²) in [7, 11) is 0. The lowest BCUT2D eigenvalue weighted by molar-refractivity contribution is -0.131. The lowest BCUT2D eigenvalue weighted by Gasteiger charge is -2.18. The number of nitrogens with one attached hydrogen (secondary N) is 1. The zero-order valence-corrected chi connectivity index (χ0v) is 12.3. The monoisotopic (exact) mass is 278 g/mol. The van der Waals surface area contributed by atoms with Gasteiger partial charge in [-0.15, -0.1) is 0 Å². The molecule has 0 saturated carbocycles. The summed E-state index contributed by atoms with van der Waals surface area (Å²) in [6, 6.07) is 1.98. The number of aryl methyl sites for hydroxylation is 1. The van der Waals surface area contributed by atoms with Gasteiger partial charge in [0.2, 0.25) is 5.91 Å². The fourth-order valence-corrected chi connectivity index (χ4v) is 2.37. The van der Waals surface area contributed by atoms with E-state index in [9.17, 15) is 4.79 Å². The summed E-state index contributed by atoms with van der Waals surface area (Å²) in [5.41, 5.74) is 2.67. The van der Waals surface area contributed by atoms with E-state index in [0.29, 0.717) is 17.9 Å². The molecular weight excluding hydrogens is 260 g/mol. The van der Waals surface area contributed by atoms with Gasteiger partial charge in [0.25, 0.3) is 0 Å². The number of hydrogen-bond acceptors (Lipinski definition) is 3. The number of likely N-dealkylation sites (N-methyl/N-ethyl adjacent to an activating group) is 1. The predicted molar refractivity (Wildman–Crippen MR) is 77.6 cm³/mol. The molecule has 0 aliphatic rings. The average Bonchev–Trinajstić information content (AvgIpc) is 2.66. The highest BCUT2D eigenvalue weighted by molar-refractivity contribution is 7.71. The maximum atomic E-state index is 12.2. The lowest BCUT2D eigenvalue weighted by atomic mass is 10.3. The maximum absolute atomic E-state index is 12.2. The van der Waals surface area contributed by atoms with Crippen LogP contribution in [0.4, 0.5) is 0 Å². The number of carbonyl (C=O) groups is 1. The van der Waals surface area contributed by atoms with E-state index >= 15 is 0 Å². The Labute approximate surface area is 117 Å². The molecule has 0 unspecified atom stereocenters. The second-order valence-electron chi connectivity index (χ2n) is 4.47. The van der Waals surface area contributed by atoms with Crippen LogP contribution >= 0.6 is 12.2 Å². The van der Waals surface area contributed by atoms with Gasteiger partial charge in [-0.05, 0) is 44.6 Å². The first-order chi connectivity index (χ1) is 9.06. The van der Waals surface area contributed by atoms with Crippen LogP contribution in [0, 0.1) is 11.7 Å². The molecule has 0 aliphatic heterocycles. The van der Waals surface area contributed by atoms with E-state index in [1.165, 1.54) is 0 Å². The summed E-state index contributed by atoms with van der Waals surface area (Å²) < 4.78 is 2.29. The second-order valence-corrected chi connectivity index (χ2v) is 4.85. The fourth-order valence-electron chi connectivity index (χ4n) is 2.11. The molecule has 0 saturated heterocycles. The van der Waals surface area contributed by atoms with Crippen LogP contribution in [0.5, 0.6) is 0 Å². The molecular formula is C13H18N4OS. The highest BCUT2D eigenvalue weighted by Crippen LogP contribution is 2.13. The molecule has 0 bridgehead atoms. The molecule has 0 atom stereocenters. The van der Waals surface area contributed by atoms with Gasteiger partial charge in [0.15, 0.2) is 10.4 Å². The number of hydrogen-bond donors (Lipinski definition) is 1. The molecule has 2 rings (SSSR count). The van der Waals surface area contributed by atoms with Crippen molar-refractivity contribution < 1.29 is 4.79 Å². The zero-order valence-electron chi connectivity index (χ0n) is 11.4. The molecule has 1 N–H and O–H groups in total. The molecule has 1 amide bonds. The minimum atomic E-state index is 0.0596. The Morgan fingerprint density at radius 3 is 2.79 bits per heavy atom. The summed E-state index contributed by atoms with van der Waals surface area (Å²) >= 11 is 5.27. The Bertz CT molecular complexity index is 654. The van der Waals surface area contributed by atoms with Crippen molar-refractivity contribution in [3.63, 3.8) is 0 Å². The Kier molecular flexibility index (Phi) is 3.99. The van der Waals surface area contributed by atoms with E-state index in [-0.39, 0.29) is 12.5 Å². The van der Waals surface area contributed by atoms with E-state index in [1.54, 1.807) is 15.7 Å². The molecule has 0 spiro atoms. The van der Waals surface area contributed by atoms with Crippen LogP contribution in [-0.4, -0.2) is 38.4 Å². The van der Waals surface area contributed by atoms with Gasteiger partial charge < -0.3 is 9.88 Å². The van der Waals surface area contributed by atoms with Crippen molar-refractivity contribution in [2.24, 2.45) is 0 Å². The number of aromatic amines is 1. The Morgan fingerprint density at radius 1 is 1.47 bits per heavy atom. The summed E-state index contributed by atoms with van der Waals surface area (Å²) in [5.74, 6) is 0.0596. The molecule has 0 aromatic carbocycles. The van der Waals surface area contributed by atoms with Crippen LogP contribution in [0.25, 0.3) is 11.2 Å². The van der Waals surface area contributed by atoms with Gasteiger partial charge in [0.05, 0.1) is 5.52 Å². The van der Waals surface area contributed by atoms with Gasteiger partial charge in [-0.25, -0.2) is 4.98 Å². The van der Waals surface area contributed by atoms with Crippen LogP contribution in [0.2, 0.25) is 0 Å². The number of imidazole rings is 1. The summed E-state index contributed by atoms with van der Waals surface area (Å²) in [5, 5.41) is 0. The minimum Gasteiger partial charge on any atom is -0.342 e. The van der Waals surface area contributed by atoms with Gasteiger partial charge in [-0.3, -0.25) is 9.36 Å². The second kappa shape index (κ2) is 5.52. The van der Waals surface area contributed by atoms with E-state index in [4.69, 9.17) is 12.2 Å². The van der Waals surface area contributed by atoms with Crippen molar-refractivity contribution in [1.29, 1.82) is 0 Å². The van der Waals surface area contributed by atoms with Crippen molar-refractivity contribution in [3.8, 4) is 0 Å². The number of carbonyl (C=O) groups excluding carboxylic acids is 1. The highest BCUT2D eigenvalue weighted by Gasteiger charge is 2.13. The first kappa shape index (κ1) is 13.7. The normalized spacial score (nSPS) is 10.9. The molecule has 0 aliphatic carbocycles. The number of rotatable bonds is 4. The minimum absolute atomic E-state index is 0.0596. The van der Waals surface area contributed by atoms with Crippen molar-refractivity contribution in [2.75, 3.05) is 13.1 Å². The number of amides is 1. The van der Waals surface area contributed by atoms with E-state index in [1.807, 2.05) is 26.8 Å². The van der Waals surface area contributed by atoms with Gasteiger partial charge >= 0.3 is 0 Å². The lowest BCUT2D eigenvalue weighted by Crippen LogP contribution is -2.33. The first-order valence-electron chi connectivity index (χ1n) is 6.39. The third kappa shape index (κ3) is 2.68. The van der Waals surface area contributed by atoms with E-state index < -0.39 is 0 Å². The van der Waals surface area contributed by atoms with Crippen LogP contribution in [0.15, 0.2) is 12.3 Å². The Morgan fingerprint density at radius 2 is 2.16 bits per heavy atom. The smallest absolute Gasteiger partial charge is 0.242 e. The van der Waals surface area contributed by atoms with Crippen molar-refractivity contribution in [1.82, 2.24) is 19.4 Å². The number of fused-ring (bicyclic) bond motifs is 1. The van der Waals surface area contributed by atoms with Gasteiger partial charge in [-0.1, -0.05) is 0 Å². The van der Waals surface area contributed by atoms with Crippen LogP contribution < -0.4 is 0 Å². The topological polar surface area (TPSA) is 53.9 Å². The molecule has 5 nitrogen and oxygen atoms in total. The Hall–Kier alpha value is -1.69. The van der Waals surface area contributed by atoms with Crippen LogP contribution in [0.3, 0.4) is 0 Å². The third-order valence-corrected chi connectivity index (χ3v) is 3.48. The molecule has 19 heavy (non-hydrogen) atoms. The molecule has 0 radical (unpaired) electrons. The first-order valence-corrected chi connectivity index (χ1v) is 6.80. The van der Waals surface area contributed by atoms with Crippen LogP contribution in [0.1, 0.15) is 19.4 Å². The fraction of sp³-hybridized carbons (Fsp3) is 0.462. The number of H-pyrrole nitrogens is 1. The van der Waals surface area contributed by atoms with Gasteiger partial charge in [0.1, 0.15) is 6.54 Å². The van der Waals surface area contributed by atoms with Crippen molar-refractivity contribution >= 4 is 29.3 Å². The summed E-state index contributed by atoms with van der Waals surface area (Å²) in [4.78, 5) is 21.4. The maximum Gasteiger partial charge on any atom is 0.242 e. The number of aromatic nitrogens is 3. The average molecular weight is 278 g/mol. The van der Waals surface area contributed by atoms with Crippen molar-refractivity contribution in [2.45, 2.75) is 27.3 Å². The summed E-state index contributed by atoms with van der Waals surface area (Å²) in [6.07, 6.45) is 1.78. The van der Waals surface area contributed by atoms with Gasteiger partial charge in [0, 0.05) is 19.3 Å². The summed E-state index contributed by atoms with van der Waals surface area (Å²) in [6.45, 7) is 7.56. The molecule has 0 fully saturated rings. The standard InChI is InChI=1S/C13H18N4OS/c1-4-16(5-2)11(18)8-17-12-10(15-13(17)19)6-9(3)7-14-12/h6-7H,4-5,8H2,1-3H3,(H,15,19). The quantitative estimate of drug-likeness (QED) is 0.873. The SMILES string of the molecule is CCN(CC)C(=O)Cn1c(=S)[nH]c2cc(C)cnc21. The van der Waals surface area contributed by atoms with Crippen LogP contribution in [-0.2, 0) is 11.3 Å². The highest BCUT2D eigenvalue weighted by atomic mass is 32.1. The molecule has 2 heterocycles. The molecule has 2 aromatic heterocycles. The molecule has 6 heteroatoms. The third-order valence-electron chi connectivity index (χ3n) is 3.16. The molecule has 102 valence electrons. The van der Waals surface area contributed by atoms with Crippen molar-refractivity contribution in [3.05, 3.63) is 22.6 Å². The largest absolute Gasteiger partial charge is 0.342 e. The number of nitrogens with zero attached hydrogens (tertiary/aromatic N) is 3. The predicted octanol–water partition coefficient (Wildman–Crippen LogP) is 2.27. The zero-order chi connectivity index (χ0) is 14.0. The number of pyridine rings is 1. The van der Waals surface area contributed by atoms with E-state index in [2.05, 4.69) is 9.97 Å². The Balaban J connectivity index is 2.38.